The Morgan fingerprint density at radius 1 is 1.00 bits per heavy atom. The fourth-order valence-corrected chi connectivity index (χ4v) is 5.93. The van der Waals surface area contributed by atoms with E-state index < -0.39 is 35.7 Å². The van der Waals surface area contributed by atoms with Gasteiger partial charge in [-0.15, -0.1) is 0 Å². The number of carbonyl (C=O) groups is 3. The molecule has 3 aromatic rings. The van der Waals surface area contributed by atoms with Crippen molar-refractivity contribution in [3.8, 4) is 0 Å². The lowest BCUT2D eigenvalue weighted by atomic mass is 9.89. The van der Waals surface area contributed by atoms with Gasteiger partial charge in [0.1, 0.15) is 6.04 Å². The summed E-state index contributed by atoms with van der Waals surface area (Å²) in [5, 5.41) is 16.0. The molecular weight excluding hydrogens is 579 g/mol. The highest BCUT2D eigenvalue weighted by atomic mass is 35.5. The van der Waals surface area contributed by atoms with Gasteiger partial charge < -0.3 is 29.8 Å². The second kappa shape index (κ2) is 12.0. The molecule has 1 fully saturated rings. The monoisotopic (exact) mass is 606 g/mol. The summed E-state index contributed by atoms with van der Waals surface area (Å²) >= 11 is 5.94. The van der Waals surface area contributed by atoms with Crippen LogP contribution in [-0.4, -0.2) is 72.5 Å². The van der Waals surface area contributed by atoms with Crippen molar-refractivity contribution in [1.82, 2.24) is 4.90 Å². The van der Waals surface area contributed by atoms with Gasteiger partial charge in [0, 0.05) is 43.0 Å². The zero-order valence-electron chi connectivity index (χ0n) is 23.0. The van der Waals surface area contributed by atoms with E-state index in [-0.39, 0.29) is 34.8 Å². The van der Waals surface area contributed by atoms with E-state index in [0.29, 0.717) is 44.0 Å². The Morgan fingerprint density at radius 2 is 1.74 bits per heavy atom. The first-order valence-corrected chi connectivity index (χ1v) is 14.3. The van der Waals surface area contributed by atoms with Gasteiger partial charge in [0.2, 0.25) is 6.10 Å². The average molecular weight is 607 g/mol. The summed E-state index contributed by atoms with van der Waals surface area (Å²) in [6, 6.07) is 15.1. The summed E-state index contributed by atoms with van der Waals surface area (Å²) in [5.41, 5.74) is 3.53. The Bertz CT molecular complexity index is 1610. The molecule has 3 aromatic carbocycles. The first kappa shape index (κ1) is 28.6. The van der Waals surface area contributed by atoms with Crippen molar-refractivity contribution in [2.45, 2.75) is 25.0 Å². The number of hydrogen-bond acceptors (Lipinski definition) is 7. The lowest BCUT2D eigenvalue weighted by molar-refractivity contribution is -0.148. The Morgan fingerprint density at radius 3 is 2.49 bits per heavy atom. The predicted molar refractivity (Wildman–Crippen MR) is 157 cm³/mol. The zero-order valence-corrected chi connectivity index (χ0v) is 23.7. The molecule has 12 heteroatoms. The Labute approximate surface area is 251 Å². The minimum atomic E-state index is -1.08. The van der Waals surface area contributed by atoms with Crippen LogP contribution in [0.5, 0.6) is 0 Å². The highest BCUT2D eigenvalue weighted by molar-refractivity contribution is 6.31. The third-order valence-electron chi connectivity index (χ3n) is 7.89. The number of benzene rings is 3. The van der Waals surface area contributed by atoms with Crippen LogP contribution in [0.3, 0.4) is 0 Å². The van der Waals surface area contributed by atoms with Crippen molar-refractivity contribution in [1.29, 1.82) is 0 Å². The fraction of sp³-hybridized carbons (Fsp3) is 0.290. The molecule has 0 radical (unpaired) electrons. The van der Waals surface area contributed by atoms with Gasteiger partial charge in [-0.05, 0) is 60.0 Å². The number of carboxylic acids is 1. The number of carbonyl (C=O) groups excluding carboxylic acids is 2. The highest BCUT2D eigenvalue weighted by Gasteiger charge is 2.42. The van der Waals surface area contributed by atoms with Gasteiger partial charge in [-0.25, -0.2) is 9.18 Å². The number of aromatic carboxylic acids is 1. The van der Waals surface area contributed by atoms with Crippen LogP contribution < -0.4 is 10.2 Å². The molecule has 0 aromatic heterocycles. The summed E-state index contributed by atoms with van der Waals surface area (Å²) in [4.78, 5) is 48.4. The molecule has 2 amide bonds. The summed E-state index contributed by atoms with van der Waals surface area (Å²) in [5.74, 6) is -2.64. The number of rotatable bonds is 6. The molecule has 0 bridgehead atoms. The van der Waals surface area contributed by atoms with Crippen LogP contribution in [0, 0.1) is 5.82 Å². The van der Waals surface area contributed by atoms with Crippen LogP contribution in [0.25, 0.3) is 0 Å². The van der Waals surface area contributed by atoms with Gasteiger partial charge >= 0.3 is 5.97 Å². The van der Waals surface area contributed by atoms with E-state index in [9.17, 15) is 23.9 Å². The third-order valence-corrected chi connectivity index (χ3v) is 8.18. The van der Waals surface area contributed by atoms with Gasteiger partial charge in [-0.1, -0.05) is 35.0 Å². The number of morpholine rings is 1. The van der Waals surface area contributed by atoms with Gasteiger partial charge in [0.15, 0.2) is 5.82 Å². The molecule has 2 atom stereocenters. The maximum Gasteiger partial charge on any atom is 0.335 e. The molecule has 0 aliphatic carbocycles. The summed E-state index contributed by atoms with van der Waals surface area (Å²) in [7, 11) is 0. The normalized spacial score (nSPS) is 19.7. The fourth-order valence-electron chi connectivity index (χ4n) is 5.76. The van der Waals surface area contributed by atoms with Crippen LogP contribution in [0.1, 0.15) is 39.5 Å². The second-order valence-corrected chi connectivity index (χ2v) is 10.8. The Balaban J connectivity index is 1.30. The van der Waals surface area contributed by atoms with Gasteiger partial charge in [0.25, 0.3) is 11.8 Å². The second-order valence-electron chi connectivity index (χ2n) is 10.4. The number of ether oxygens (including phenoxy) is 1. The van der Waals surface area contributed by atoms with Crippen LogP contribution >= 0.6 is 11.6 Å². The van der Waals surface area contributed by atoms with Crippen LogP contribution in [0.2, 0.25) is 5.02 Å². The van der Waals surface area contributed by atoms with E-state index in [4.69, 9.17) is 21.2 Å². The molecule has 3 aliphatic heterocycles. The van der Waals surface area contributed by atoms with Gasteiger partial charge in [-0.2, -0.15) is 0 Å². The Kier molecular flexibility index (Phi) is 8.00. The van der Waals surface area contributed by atoms with Crippen molar-refractivity contribution >= 4 is 46.5 Å². The number of nitrogens with one attached hydrogen (secondary N) is 1. The number of oxime groups is 1. The van der Waals surface area contributed by atoms with Gasteiger partial charge in [-0.3, -0.25) is 9.59 Å². The maximum atomic E-state index is 14.7. The van der Waals surface area contributed by atoms with Crippen molar-refractivity contribution < 1.29 is 33.5 Å². The average Bonchev–Trinajstić information content (AvgIpc) is 3.52. The number of anilines is 2. The number of nitrogens with zero attached hydrogens (tertiary/aromatic N) is 3. The van der Waals surface area contributed by atoms with E-state index in [2.05, 4.69) is 15.4 Å². The van der Waals surface area contributed by atoms with Crippen molar-refractivity contribution in [3.63, 3.8) is 0 Å². The molecule has 6 rings (SSSR count). The minimum absolute atomic E-state index is 0.0122. The van der Waals surface area contributed by atoms with E-state index in [1.807, 2.05) is 18.2 Å². The number of carboxylic acid groups (broad SMARTS) is 1. The molecule has 2 N–H and O–H groups in total. The predicted octanol–water partition coefficient (Wildman–Crippen LogP) is 4.27. The first-order valence-electron chi connectivity index (χ1n) is 13.9. The Hall–Kier alpha value is -4.48. The summed E-state index contributed by atoms with van der Waals surface area (Å²) in [6.45, 7) is 2.85. The largest absolute Gasteiger partial charge is 0.478 e. The molecule has 10 nitrogen and oxygen atoms in total. The van der Waals surface area contributed by atoms with E-state index in [0.717, 1.165) is 11.3 Å². The highest BCUT2D eigenvalue weighted by Crippen LogP contribution is 2.38. The molecule has 0 spiro atoms. The van der Waals surface area contributed by atoms with Crippen molar-refractivity contribution in [2.75, 3.05) is 43.1 Å². The molecule has 2 unspecified atom stereocenters. The van der Waals surface area contributed by atoms with Crippen molar-refractivity contribution in [3.05, 3.63) is 93.8 Å². The van der Waals surface area contributed by atoms with Crippen LogP contribution in [0.15, 0.2) is 65.8 Å². The maximum absolute atomic E-state index is 14.7. The molecular formula is C31H28ClFN4O6. The van der Waals surface area contributed by atoms with Crippen molar-refractivity contribution in [2.24, 2.45) is 5.16 Å². The zero-order chi connectivity index (χ0) is 30.1. The quantitative estimate of drug-likeness (QED) is 0.430. The molecule has 3 heterocycles. The first-order chi connectivity index (χ1) is 20.8. The van der Waals surface area contributed by atoms with Crippen LogP contribution in [0.4, 0.5) is 15.8 Å². The van der Waals surface area contributed by atoms with E-state index >= 15 is 0 Å². The molecule has 43 heavy (non-hydrogen) atoms. The third kappa shape index (κ3) is 5.65. The molecule has 1 saturated heterocycles. The van der Waals surface area contributed by atoms with Crippen LogP contribution in [-0.2, 0) is 25.6 Å². The topological polar surface area (TPSA) is 121 Å². The molecule has 0 saturated carbocycles. The lowest BCUT2D eigenvalue weighted by Crippen LogP contribution is -2.49. The molecule has 3 aliphatic rings. The van der Waals surface area contributed by atoms with E-state index in [1.165, 1.54) is 41.3 Å². The SMILES string of the molecule is O=C(O)c1ccc(NC(=O)C2c3cccc(N4CCOCC4)c3CCN2C(=O)C2CC(c3cccc(Cl)c3F)=NO2)cc1. The minimum Gasteiger partial charge on any atom is -0.478 e. The summed E-state index contributed by atoms with van der Waals surface area (Å²) < 4.78 is 20.2. The lowest BCUT2D eigenvalue weighted by Gasteiger charge is -2.40. The summed E-state index contributed by atoms with van der Waals surface area (Å²) in [6.07, 6.45) is -0.532. The van der Waals surface area contributed by atoms with Gasteiger partial charge in [0.05, 0.1) is 29.5 Å². The number of amides is 2. The van der Waals surface area contributed by atoms with E-state index in [1.54, 1.807) is 6.07 Å². The number of hydrogen-bond donors (Lipinski definition) is 2. The number of fused-ring (bicyclic) bond motifs is 1. The standard InChI is InChI=1S/C31H28ClFN4O6/c32-23-5-1-4-22(27(23)33)24-17-26(43-35-24)30(39)37-12-11-20-21(3-2-6-25(20)36-13-15-42-16-14-36)28(37)29(38)34-19-9-7-18(8-10-19)31(40)41/h1-10,26,28H,11-17H2,(H,34,38)(H,40,41). The molecule has 222 valence electrons. The number of halogens is 2. The smallest absolute Gasteiger partial charge is 0.335 e.